The predicted molar refractivity (Wildman–Crippen MR) is 62.3 cm³/mol. The smallest absolute Gasteiger partial charge is 0.323 e. The number of carbonyl (C=O) groups is 1. The van der Waals surface area contributed by atoms with Crippen LogP contribution in [0.3, 0.4) is 0 Å². The fourth-order valence-corrected chi connectivity index (χ4v) is 2.34. The highest BCUT2D eigenvalue weighted by Gasteiger charge is 2.34. The second kappa shape index (κ2) is 4.66. The van der Waals surface area contributed by atoms with E-state index in [-0.39, 0.29) is 17.9 Å². The molecule has 16 heavy (non-hydrogen) atoms. The summed E-state index contributed by atoms with van der Waals surface area (Å²) < 4.78 is 4.81. The standard InChI is InChI=1S/C13H17NO2/c1-9-4-3-5-10(8-9)11-6-7-14-12(11)13(15)16-2/h3-5,8,11-12,14H,6-7H2,1-2H3. The lowest BCUT2D eigenvalue weighted by Crippen LogP contribution is -2.35. The van der Waals surface area contributed by atoms with E-state index in [0.717, 1.165) is 13.0 Å². The highest BCUT2D eigenvalue weighted by atomic mass is 16.5. The summed E-state index contributed by atoms with van der Waals surface area (Å²) in [4.78, 5) is 11.6. The Morgan fingerprint density at radius 3 is 3.00 bits per heavy atom. The van der Waals surface area contributed by atoms with Gasteiger partial charge in [0.15, 0.2) is 0 Å². The number of esters is 1. The Kier molecular flexibility index (Phi) is 3.25. The van der Waals surface area contributed by atoms with Gasteiger partial charge in [0, 0.05) is 5.92 Å². The average Bonchev–Trinajstić information content (AvgIpc) is 2.77. The Morgan fingerprint density at radius 2 is 2.31 bits per heavy atom. The van der Waals surface area contributed by atoms with Gasteiger partial charge in [-0.1, -0.05) is 29.8 Å². The Balaban J connectivity index is 2.23. The minimum absolute atomic E-state index is 0.163. The number of nitrogens with one attached hydrogen (secondary N) is 1. The Morgan fingerprint density at radius 1 is 1.50 bits per heavy atom. The average molecular weight is 219 g/mol. The van der Waals surface area contributed by atoms with Crippen molar-refractivity contribution in [3.8, 4) is 0 Å². The number of methoxy groups -OCH3 is 1. The molecule has 2 atom stereocenters. The number of hydrogen-bond donors (Lipinski definition) is 1. The van der Waals surface area contributed by atoms with Crippen LogP contribution in [0.5, 0.6) is 0 Å². The number of ether oxygens (including phenoxy) is 1. The van der Waals surface area contributed by atoms with E-state index < -0.39 is 0 Å². The fourth-order valence-electron chi connectivity index (χ4n) is 2.34. The van der Waals surface area contributed by atoms with Gasteiger partial charge in [-0.25, -0.2) is 0 Å². The largest absolute Gasteiger partial charge is 0.468 e. The molecule has 0 aromatic heterocycles. The van der Waals surface area contributed by atoms with Crippen LogP contribution in [0.15, 0.2) is 24.3 Å². The first-order valence-electron chi connectivity index (χ1n) is 5.60. The van der Waals surface area contributed by atoms with E-state index in [1.54, 1.807) is 0 Å². The van der Waals surface area contributed by atoms with E-state index in [4.69, 9.17) is 4.74 Å². The van der Waals surface area contributed by atoms with Gasteiger partial charge in [-0.2, -0.15) is 0 Å². The Labute approximate surface area is 95.8 Å². The van der Waals surface area contributed by atoms with Crippen LogP contribution in [0.2, 0.25) is 0 Å². The first kappa shape index (κ1) is 11.1. The normalized spacial score (nSPS) is 24.4. The maximum Gasteiger partial charge on any atom is 0.323 e. The van der Waals surface area contributed by atoms with E-state index >= 15 is 0 Å². The van der Waals surface area contributed by atoms with Crippen LogP contribution in [-0.2, 0) is 9.53 Å². The Hall–Kier alpha value is -1.35. The predicted octanol–water partition coefficient (Wildman–Crippen LogP) is 1.61. The molecule has 1 saturated heterocycles. The molecule has 1 fully saturated rings. The van der Waals surface area contributed by atoms with Crippen molar-refractivity contribution in [3.05, 3.63) is 35.4 Å². The molecule has 0 amide bonds. The maximum absolute atomic E-state index is 11.6. The van der Waals surface area contributed by atoms with E-state index in [9.17, 15) is 4.79 Å². The van der Waals surface area contributed by atoms with Gasteiger partial charge in [0.2, 0.25) is 0 Å². The molecule has 3 heteroatoms. The van der Waals surface area contributed by atoms with Crippen molar-refractivity contribution in [1.29, 1.82) is 0 Å². The van der Waals surface area contributed by atoms with E-state index in [1.165, 1.54) is 18.2 Å². The third kappa shape index (κ3) is 2.09. The first-order chi connectivity index (χ1) is 7.72. The quantitative estimate of drug-likeness (QED) is 0.768. The molecule has 2 rings (SSSR count). The lowest BCUT2D eigenvalue weighted by Gasteiger charge is -2.17. The minimum Gasteiger partial charge on any atom is -0.468 e. The molecule has 3 nitrogen and oxygen atoms in total. The number of aryl methyl sites for hydroxylation is 1. The molecule has 0 bridgehead atoms. The van der Waals surface area contributed by atoms with Gasteiger partial charge in [-0.15, -0.1) is 0 Å². The van der Waals surface area contributed by atoms with E-state index in [0.29, 0.717) is 0 Å². The number of hydrogen-bond acceptors (Lipinski definition) is 3. The van der Waals surface area contributed by atoms with Crippen molar-refractivity contribution in [2.45, 2.75) is 25.3 Å². The van der Waals surface area contributed by atoms with E-state index in [2.05, 4.69) is 30.4 Å². The van der Waals surface area contributed by atoms with Gasteiger partial charge in [-0.05, 0) is 25.5 Å². The zero-order valence-corrected chi connectivity index (χ0v) is 9.69. The molecular weight excluding hydrogens is 202 g/mol. The third-order valence-electron chi connectivity index (χ3n) is 3.15. The summed E-state index contributed by atoms with van der Waals surface area (Å²) in [6.45, 7) is 2.94. The number of rotatable bonds is 2. The maximum atomic E-state index is 11.6. The summed E-state index contributed by atoms with van der Waals surface area (Å²) >= 11 is 0. The molecule has 0 aliphatic carbocycles. The van der Waals surface area contributed by atoms with Crippen LogP contribution in [0.1, 0.15) is 23.5 Å². The molecule has 0 spiro atoms. The van der Waals surface area contributed by atoms with Crippen molar-refractivity contribution in [3.63, 3.8) is 0 Å². The van der Waals surface area contributed by atoms with Crippen LogP contribution < -0.4 is 5.32 Å². The molecule has 1 aromatic carbocycles. The number of benzene rings is 1. The lowest BCUT2D eigenvalue weighted by atomic mass is 9.91. The first-order valence-corrected chi connectivity index (χ1v) is 5.60. The van der Waals surface area contributed by atoms with Crippen LogP contribution in [-0.4, -0.2) is 25.7 Å². The summed E-state index contributed by atoms with van der Waals surface area (Å²) in [5.41, 5.74) is 2.45. The summed E-state index contributed by atoms with van der Waals surface area (Å²) in [7, 11) is 1.44. The second-order valence-corrected chi connectivity index (χ2v) is 4.26. The van der Waals surface area contributed by atoms with Crippen LogP contribution in [0, 0.1) is 6.92 Å². The van der Waals surface area contributed by atoms with Crippen LogP contribution in [0.4, 0.5) is 0 Å². The van der Waals surface area contributed by atoms with Gasteiger partial charge in [0.1, 0.15) is 6.04 Å². The second-order valence-electron chi connectivity index (χ2n) is 4.26. The van der Waals surface area contributed by atoms with Crippen molar-refractivity contribution in [2.24, 2.45) is 0 Å². The summed E-state index contributed by atoms with van der Waals surface area (Å²) in [5, 5.41) is 3.20. The molecule has 0 radical (unpaired) electrons. The van der Waals surface area contributed by atoms with Crippen molar-refractivity contribution in [1.82, 2.24) is 5.32 Å². The van der Waals surface area contributed by atoms with Gasteiger partial charge in [0.25, 0.3) is 0 Å². The zero-order valence-electron chi connectivity index (χ0n) is 9.69. The monoisotopic (exact) mass is 219 g/mol. The van der Waals surface area contributed by atoms with Crippen molar-refractivity contribution < 1.29 is 9.53 Å². The summed E-state index contributed by atoms with van der Waals surface area (Å²) in [5.74, 6) is 0.0800. The molecule has 1 aromatic rings. The van der Waals surface area contributed by atoms with Gasteiger partial charge in [0.05, 0.1) is 7.11 Å². The van der Waals surface area contributed by atoms with Crippen LogP contribution >= 0.6 is 0 Å². The molecule has 1 aliphatic rings. The Bertz CT molecular complexity index is 389. The highest BCUT2D eigenvalue weighted by molar-refractivity contribution is 5.77. The SMILES string of the molecule is COC(=O)C1NCCC1c1cccc(C)c1. The van der Waals surface area contributed by atoms with Crippen LogP contribution in [0.25, 0.3) is 0 Å². The zero-order chi connectivity index (χ0) is 11.5. The topological polar surface area (TPSA) is 38.3 Å². The fraction of sp³-hybridized carbons (Fsp3) is 0.462. The summed E-state index contributed by atoms with van der Waals surface area (Å²) in [6, 6.07) is 8.15. The minimum atomic E-state index is -0.188. The van der Waals surface area contributed by atoms with E-state index in [1.807, 2.05) is 6.07 Å². The van der Waals surface area contributed by atoms with Gasteiger partial charge >= 0.3 is 5.97 Å². The highest BCUT2D eigenvalue weighted by Crippen LogP contribution is 2.28. The van der Waals surface area contributed by atoms with Gasteiger partial charge < -0.3 is 10.1 Å². The molecular formula is C13H17NO2. The molecule has 0 saturated carbocycles. The lowest BCUT2D eigenvalue weighted by molar-refractivity contribution is -0.143. The van der Waals surface area contributed by atoms with Crippen molar-refractivity contribution in [2.75, 3.05) is 13.7 Å². The van der Waals surface area contributed by atoms with Gasteiger partial charge in [-0.3, -0.25) is 4.79 Å². The third-order valence-corrected chi connectivity index (χ3v) is 3.15. The van der Waals surface area contributed by atoms with Crippen molar-refractivity contribution >= 4 is 5.97 Å². The molecule has 2 unspecified atom stereocenters. The molecule has 1 aliphatic heterocycles. The molecule has 86 valence electrons. The molecule has 1 N–H and O–H groups in total. The number of carbonyl (C=O) groups excluding carboxylic acids is 1. The summed E-state index contributed by atoms with van der Waals surface area (Å²) in [6.07, 6.45) is 0.989. The molecule has 1 heterocycles.